The van der Waals surface area contributed by atoms with Crippen molar-refractivity contribution in [3.63, 3.8) is 0 Å². The largest absolute Gasteiger partial charge is 0.396 e. The Labute approximate surface area is 134 Å². The van der Waals surface area contributed by atoms with Gasteiger partial charge in [-0.25, -0.2) is 0 Å². The summed E-state index contributed by atoms with van der Waals surface area (Å²) in [5.41, 5.74) is -0.608. The van der Waals surface area contributed by atoms with Gasteiger partial charge in [-0.3, -0.25) is 9.09 Å². The van der Waals surface area contributed by atoms with Crippen molar-refractivity contribution in [3.8, 4) is 0 Å². The highest BCUT2D eigenvalue weighted by Crippen LogP contribution is 2.42. The molecular weight excluding hydrogens is 375 g/mol. The molecule has 0 aliphatic rings. The predicted molar refractivity (Wildman–Crippen MR) is 76.2 cm³/mol. The van der Waals surface area contributed by atoms with Crippen molar-refractivity contribution < 1.29 is 19.1 Å². The lowest BCUT2D eigenvalue weighted by Crippen LogP contribution is -2.30. The first-order chi connectivity index (χ1) is 9.30. The van der Waals surface area contributed by atoms with Gasteiger partial charge in [-0.1, -0.05) is 0 Å². The topological polar surface area (TPSA) is 105 Å². The van der Waals surface area contributed by atoms with Crippen LogP contribution in [0.25, 0.3) is 0 Å². The number of aliphatic hydroxyl groups excluding tert-OH is 1. The van der Waals surface area contributed by atoms with E-state index in [1.54, 1.807) is 0 Å². The zero-order chi connectivity index (χ0) is 15.3. The Balaban J connectivity index is 2.99. The first-order valence-electron chi connectivity index (χ1n) is 5.20. The molecule has 0 aromatic carbocycles. The SMILES string of the molecule is O=P(O)(OC(CCCl)C(Cl)CO)c1nc(Cl)nc(Cl)n1. The van der Waals surface area contributed by atoms with E-state index in [1.165, 1.54) is 0 Å². The van der Waals surface area contributed by atoms with Crippen LogP contribution in [0.15, 0.2) is 0 Å². The third-order valence-electron chi connectivity index (χ3n) is 2.07. The summed E-state index contributed by atoms with van der Waals surface area (Å²) in [7, 11) is -4.44. The van der Waals surface area contributed by atoms with Crippen LogP contribution in [0.2, 0.25) is 10.6 Å². The molecule has 0 amide bonds. The standard InChI is InChI=1S/C8H10Cl4N3O4P/c9-2-1-5(4(10)3-16)19-20(17,18)8-14-6(11)13-7(12)15-8/h4-5,16H,1-3H2,(H,17,18). The van der Waals surface area contributed by atoms with Crippen molar-refractivity contribution in [2.45, 2.75) is 17.9 Å². The Morgan fingerprint density at radius 3 is 2.25 bits per heavy atom. The van der Waals surface area contributed by atoms with Gasteiger partial charge >= 0.3 is 7.60 Å². The van der Waals surface area contributed by atoms with Crippen LogP contribution in [0.1, 0.15) is 6.42 Å². The van der Waals surface area contributed by atoms with E-state index in [4.69, 9.17) is 56.0 Å². The van der Waals surface area contributed by atoms with E-state index >= 15 is 0 Å². The molecule has 1 aromatic rings. The van der Waals surface area contributed by atoms with E-state index < -0.39 is 31.2 Å². The van der Waals surface area contributed by atoms with Crippen molar-refractivity contribution in [2.24, 2.45) is 0 Å². The first-order valence-corrected chi connectivity index (χ1v) is 8.50. The van der Waals surface area contributed by atoms with E-state index in [0.717, 1.165) is 0 Å². The molecule has 1 rings (SSSR count). The van der Waals surface area contributed by atoms with Crippen molar-refractivity contribution >= 4 is 59.6 Å². The molecule has 0 saturated heterocycles. The Bertz CT molecular complexity index is 488. The maximum Gasteiger partial charge on any atom is 0.396 e. The minimum Gasteiger partial charge on any atom is -0.395 e. The number of nitrogens with zero attached hydrogens (tertiary/aromatic N) is 3. The molecule has 2 N–H and O–H groups in total. The minimum absolute atomic E-state index is 0.118. The molecule has 20 heavy (non-hydrogen) atoms. The van der Waals surface area contributed by atoms with E-state index in [0.29, 0.717) is 0 Å². The third-order valence-corrected chi connectivity index (χ3v) is 4.31. The number of halogens is 4. The van der Waals surface area contributed by atoms with Crippen molar-refractivity contribution in [1.29, 1.82) is 0 Å². The number of hydrogen-bond acceptors (Lipinski definition) is 6. The summed E-state index contributed by atoms with van der Waals surface area (Å²) in [5, 5.41) is 7.36. The monoisotopic (exact) mass is 383 g/mol. The number of alkyl halides is 2. The number of rotatable bonds is 7. The molecule has 7 nitrogen and oxygen atoms in total. The Hall–Kier alpha value is 0.280. The summed E-state index contributed by atoms with van der Waals surface area (Å²) in [6, 6.07) is 0. The maximum atomic E-state index is 12.1. The molecule has 1 heterocycles. The second-order valence-corrected chi connectivity index (χ2v) is 6.78. The van der Waals surface area contributed by atoms with Crippen LogP contribution in [0.3, 0.4) is 0 Å². The summed E-state index contributed by atoms with van der Waals surface area (Å²) in [5.74, 6) is 0.118. The van der Waals surface area contributed by atoms with Gasteiger partial charge in [0, 0.05) is 5.88 Å². The fourth-order valence-corrected chi connectivity index (χ4v) is 3.30. The van der Waals surface area contributed by atoms with Crippen LogP contribution in [0.4, 0.5) is 0 Å². The zero-order valence-corrected chi connectivity index (χ0v) is 13.7. The molecular formula is C8H10Cl4N3O4P. The van der Waals surface area contributed by atoms with Crippen molar-refractivity contribution in [3.05, 3.63) is 10.6 Å². The highest BCUT2D eigenvalue weighted by atomic mass is 35.5. The normalized spacial score (nSPS) is 17.5. The Kier molecular flexibility index (Phi) is 7.38. The average Bonchev–Trinajstić information content (AvgIpc) is 2.36. The van der Waals surface area contributed by atoms with Crippen LogP contribution in [0, 0.1) is 0 Å². The van der Waals surface area contributed by atoms with E-state index in [2.05, 4.69) is 15.0 Å². The summed E-state index contributed by atoms with van der Waals surface area (Å²) in [4.78, 5) is 20.3. The van der Waals surface area contributed by atoms with E-state index in [1.807, 2.05) is 0 Å². The fraction of sp³-hybridized carbons (Fsp3) is 0.625. The van der Waals surface area contributed by atoms with Gasteiger partial charge in [0.15, 0.2) is 0 Å². The highest BCUT2D eigenvalue weighted by molar-refractivity contribution is 7.60. The molecule has 114 valence electrons. The molecule has 1 aromatic heterocycles. The van der Waals surface area contributed by atoms with Gasteiger partial charge in [-0.05, 0) is 29.6 Å². The number of aliphatic hydroxyl groups is 1. The molecule has 0 fully saturated rings. The molecule has 0 bridgehead atoms. The summed E-state index contributed by atoms with van der Waals surface area (Å²) in [6.45, 7) is -0.457. The smallest absolute Gasteiger partial charge is 0.395 e. The Morgan fingerprint density at radius 2 is 1.80 bits per heavy atom. The lowest BCUT2D eigenvalue weighted by Gasteiger charge is -2.22. The van der Waals surface area contributed by atoms with Gasteiger partial charge in [-0.2, -0.15) is 15.0 Å². The van der Waals surface area contributed by atoms with Gasteiger partial charge in [0.2, 0.25) is 16.1 Å². The van der Waals surface area contributed by atoms with Gasteiger partial charge in [0.25, 0.3) is 0 Å². The number of aromatic nitrogens is 3. The quantitative estimate of drug-likeness (QED) is 0.543. The second kappa shape index (κ2) is 8.06. The zero-order valence-electron chi connectivity index (χ0n) is 9.79. The number of hydrogen-bond donors (Lipinski definition) is 2. The molecule has 0 aliphatic heterocycles. The average molecular weight is 385 g/mol. The lowest BCUT2D eigenvalue weighted by atomic mass is 10.2. The summed E-state index contributed by atoms with van der Waals surface area (Å²) in [6.07, 6.45) is -0.822. The third kappa shape index (κ3) is 5.24. The molecule has 0 saturated carbocycles. The predicted octanol–water partition coefficient (Wildman–Crippen LogP) is 1.60. The van der Waals surface area contributed by atoms with Gasteiger partial charge in [-0.15, -0.1) is 23.2 Å². The van der Waals surface area contributed by atoms with Gasteiger partial charge in [0.05, 0.1) is 18.1 Å². The van der Waals surface area contributed by atoms with E-state index in [-0.39, 0.29) is 22.9 Å². The van der Waals surface area contributed by atoms with E-state index in [9.17, 15) is 9.46 Å². The summed E-state index contributed by atoms with van der Waals surface area (Å²) < 4.78 is 17.1. The molecule has 12 heteroatoms. The van der Waals surface area contributed by atoms with Crippen LogP contribution < -0.4 is 5.57 Å². The lowest BCUT2D eigenvalue weighted by molar-refractivity contribution is 0.142. The highest BCUT2D eigenvalue weighted by Gasteiger charge is 2.34. The minimum atomic E-state index is -4.44. The van der Waals surface area contributed by atoms with Crippen LogP contribution in [0.5, 0.6) is 0 Å². The van der Waals surface area contributed by atoms with Crippen molar-refractivity contribution in [2.75, 3.05) is 12.5 Å². The van der Waals surface area contributed by atoms with Crippen molar-refractivity contribution in [1.82, 2.24) is 15.0 Å². The second-order valence-electron chi connectivity index (χ2n) is 3.51. The van der Waals surface area contributed by atoms with Crippen LogP contribution >= 0.6 is 54.0 Å². The summed E-state index contributed by atoms with van der Waals surface area (Å²) >= 11 is 22.4. The fourth-order valence-electron chi connectivity index (χ4n) is 1.20. The molecule has 3 unspecified atom stereocenters. The van der Waals surface area contributed by atoms with Gasteiger partial charge < -0.3 is 10.00 Å². The molecule has 0 aliphatic carbocycles. The first kappa shape index (κ1) is 18.3. The van der Waals surface area contributed by atoms with Crippen LogP contribution in [-0.4, -0.2) is 48.9 Å². The molecule has 0 spiro atoms. The maximum absolute atomic E-state index is 12.1. The molecule has 0 radical (unpaired) electrons. The Morgan fingerprint density at radius 1 is 1.25 bits per heavy atom. The molecule has 3 atom stereocenters. The van der Waals surface area contributed by atoms with Crippen LogP contribution in [-0.2, 0) is 9.09 Å². The van der Waals surface area contributed by atoms with Gasteiger partial charge in [0.1, 0.15) is 0 Å².